The number of rotatable bonds is 4. The van der Waals surface area contributed by atoms with Gasteiger partial charge in [0.2, 0.25) is 0 Å². The van der Waals surface area contributed by atoms with Crippen LogP contribution in [-0.4, -0.2) is 18.0 Å². The van der Waals surface area contributed by atoms with E-state index in [0.717, 1.165) is 9.86 Å². The maximum absolute atomic E-state index is 12.3. The lowest BCUT2D eigenvalue weighted by molar-refractivity contribution is 0.0378. The smallest absolute Gasteiger partial charge is 0.338 e. The lowest BCUT2D eigenvalue weighted by Crippen LogP contribution is -2.13. The van der Waals surface area contributed by atoms with E-state index in [4.69, 9.17) is 9.15 Å². The number of benzene rings is 2. The van der Waals surface area contributed by atoms with Gasteiger partial charge in [-0.15, -0.1) is 0 Å². The SMILES string of the molecule is CC(C)OC(=O)c1ccc(NC(=O)c2cc3cc(Br)ccc3o2)cc1. The van der Waals surface area contributed by atoms with Crippen molar-refractivity contribution in [3.8, 4) is 0 Å². The Kier molecular flexibility index (Phi) is 4.90. The standard InChI is InChI=1S/C19H16BrNO4/c1-11(2)24-19(23)12-3-6-15(7-4-12)21-18(22)17-10-13-9-14(20)5-8-16(13)25-17/h3-11H,1-2H3,(H,21,22). The highest BCUT2D eigenvalue weighted by atomic mass is 79.9. The highest BCUT2D eigenvalue weighted by molar-refractivity contribution is 9.10. The van der Waals surface area contributed by atoms with E-state index in [1.165, 1.54) is 0 Å². The molecule has 0 aliphatic carbocycles. The fourth-order valence-electron chi connectivity index (χ4n) is 2.29. The molecular weight excluding hydrogens is 386 g/mol. The van der Waals surface area contributed by atoms with Gasteiger partial charge < -0.3 is 14.5 Å². The van der Waals surface area contributed by atoms with Crippen molar-refractivity contribution in [1.82, 2.24) is 0 Å². The summed E-state index contributed by atoms with van der Waals surface area (Å²) in [5, 5.41) is 3.58. The third-order valence-electron chi connectivity index (χ3n) is 3.42. The summed E-state index contributed by atoms with van der Waals surface area (Å²) >= 11 is 3.39. The van der Waals surface area contributed by atoms with Crippen molar-refractivity contribution in [2.45, 2.75) is 20.0 Å². The molecular formula is C19H16BrNO4. The fraction of sp³-hybridized carbons (Fsp3) is 0.158. The van der Waals surface area contributed by atoms with Crippen LogP contribution in [0.15, 0.2) is 57.4 Å². The largest absolute Gasteiger partial charge is 0.459 e. The van der Waals surface area contributed by atoms with Gasteiger partial charge in [-0.05, 0) is 62.4 Å². The van der Waals surface area contributed by atoms with Gasteiger partial charge in [-0.2, -0.15) is 0 Å². The molecule has 3 rings (SSSR count). The number of nitrogens with one attached hydrogen (secondary N) is 1. The van der Waals surface area contributed by atoms with Crippen LogP contribution in [0.4, 0.5) is 5.69 Å². The predicted molar refractivity (Wildman–Crippen MR) is 98.9 cm³/mol. The molecule has 1 aromatic heterocycles. The normalized spacial score (nSPS) is 10.9. The van der Waals surface area contributed by atoms with Crippen molar-refractivity contribution in [2.24, 2.45) is 0 Å². The molecule has 0 spiro atoms. The van der Waals surface area contributed by atoms with Gasteiger partial charge in [-0.3, -0.25) is 4.79 Å². The third kappa shape index (κ3) is 4.09. The second kappa shape index (κ2) is 7.11. The average molecular weight is 402 g/mol. The van der Waals surface area contributed by atoms with Gasteiger partial charge in [0, 0.05) is 15.5 Å². The Morgan fingerprint density at radius 1 is 1.08 bits per heavy atom. The minimum Gasteiger partial charge on any atom is -0.459 e. The number of hydrogen-bond donors (Lipinski definition) is 1. The minimum atomic E-state index is -0.393. The summed E-state index contributed by atoms with van der Waals surface area (Å²) in [5.41, 5.74) is 1.63. The van der Waals surface area contributed by atoms with Crippen LogP contribution in [0, 0.1) is 0 Å². The number of anilines is 1. The van der Waals surface area contributed by atoms with Gasteiger partial charge >= 0.3 is 5.97 Å². The Morgan fingerprint density at radius 3 is 2.48 bits per heavy atom. The van der Waals surface area contributed by atoms with Crippen LogP contribution in [0.2, 0.25) is 0 Å². The van der Waals surface area contributed by atoms with Gasteiger partial charge in [-0.1, -0.05) is 15.9 Å². The van der Waals surface area contributed by atoms with E-state index in [1.54, 1.807) is 50.2 Å². The van der Waals surface area contributed by atoms with Gasteiger partial charge in [-0.25, -0.2) is 4.79 Å². The number of hydrogen-bond acceptors (Lipinski definition) is 4. The van der Waals surface area contributed by atoms with Crippen molar-refractivity contribution in [3.05, 3.63) is 64.3 Å². The molecule has 3 aromatic rings. The molecule has 25 heavy (non-hydrogen) atoms. The van der Waals surface area contributed by atoms with E-state index in [-0.39, 0.29) is 17.8 Å². The summed E-state index contributed by atoms with van der Waals surface area (Å²) in [4.78, 5) is 24.1. The predicted octanol–water partition coefficient (Wildman–Crippen LogP) is 5.01. The Balaban J connectivity index is 1.72. The van der Waals surface area contributed by atoms with E-state index in [0.29, 0.717) is 16.8 Å². The zero-order chi connectivity index (χ0) is 18.0. The molecule has 0 bridgehead atoms. The maximum Gasteiger partial charge on any atom is 0.338 e. The lowest BCUT2D eigenvalue weighted by Gasteiger charge is -2.08. The van der Waals surface area contributed by atoms with Crippen molar-refractivity contribution in [1.29, 1.82) is 0 Å². The highest BCUT2D eigenvalue weighted by Gasteiger charge is 2.14. The molecule has 0 saturated heterocycles. The van der Waals surface area contributed by atoms with Gasteiger partial charge in [0.1, 0.15) is 5.58 Å². The van der Waals surface area contributed by atoms with Gasteiger partial charge in [0.15, 0.2) is 5.76 Å². The number of furan rings is 1. The maximum atomic E-state index is 12.3. The summed E-state index contributed by atoms with van der Waals surface area (Å²) in [6.07, 6.45) is -0.181. The topological polar surface area (TPSA) is 68.5 Å². The van der Waals surface area contributed by atoms with E-state index in [9.17, 15) is 9.59 Å². The van der Waals surface area contributed by atoms with E-state index in [1.807, 2.05) is 12.1 Å². The van der Waals surface area contributed by atoms with Crippen molar-refractivity contribution >= 4 is 44.5 Å². The van der Waals surface area contributed by atoms with E-state index < -0.39 is 5.97 Å². The second-order valence-electron chi connectivity index (χ2n) is 5.78. The molecule has 1 amide bonds. The molecule has 6 heteroatoms. The zero-order valence-corrected chi connectivity index (χ0v) is 15.3. The van der Waals surface area contributed by atoms with Gasteiger partial charge in [0.05, 0.1) is 11.7 Å². The Bertz CT molecular complexity index is 928. The van der Waals surface area contributed by atoms with Crippen LogP contribution in [-0.2, 0) is 4.74 Å². The molecule has 0 radical (unpaired) electrons. The molecule has 128 valence electrons. The van der Waals surface area contributed by atoms with Crippen LogP contribution in [0.25, 0.3) is 11.0 Å². The number of fused-ring (bicyclic) bond motifs is 1. The summed E-state index contributed by atoms with van der Waals surface area (Å²) in [5.74, 6) is -0.531. The molecule has 1 heterocycles. The summed E-state index contributed by atoms with van der Waals surface area (Å²) in [7, 11) is 0. The van der Waals surface area contributed by atoms with Crippen LogP contribution >= 0.6 is 15.9 Å². The van der Waals surface area contributed by atoms with E-state index >= 15 is 0 Å². The third-order valence-corrected chi connectivity index (χ3v) is 3.92. The number of amides is 1. The van der Waals surface area contributed by atoms with E-state index in [2.05, 4.69) is 21.2 Å². The zero-order valence-electron chi connectivity index (χ0n) is 13.7. The number of esters is 1. The number of carbonyl (C=O) groups is 2. The Labute approximate surface area is 153 Å². The van der Waals surface area contributed by atoms with Gasteiger partial charge in [0.25, 0.3) is 5.91 Å². The molecule has 0 aliphatic rings. The van der Waals surface area contributed by atoms with Crippen LogP contribution in [0.5, 0.6) is 0 Å². The molecule has 2 aromatic carbocycles. The molecule has 0 saturated carbocycles. The molecule has 0 aliphatic heterocycles. The highest BCUT2D eigenvalue weighted by Crippen LogP contribution is 2.24. The first-order valence-electron chi connectivity index (χ1n) is 7.74. The van der Waals surface area contributed by atoms with Crippen molar-refractivity contribution in [2.75, 3.05) is 5.32 Å². The minimum absolute atomic E-state index is 0.181. The average Bonchev–Trinajstić information content (AvgIpc) is 2.98. The molecule has 5 nitrogen and oxygen atoms in total. The van der Waals surface area contributed by atoms with Crippen molar-refractivity contribution in [3.63, 3.8) is 0 Å². The quantitative estimate of drug-likeness (QED) is 0.623. The first kappa shape index (κ1) is 17.2. The number of ether oxygens (including phenoxy) is 1. The molecule has 0 unspecified atom stereocenters. The van der Waals surface area contributed by atoms with Crippen molar-refractivity contribution < 1.29 is 18.7 Å². The molecule has 1 N–H and O–H groups in total. The first-order chi connectivity index (χ1) is 11.9. The number of halogens is 1. The first-order valence-corrected chi connectivity index (χ1v) is 8.53. The Hall–Kier alpha value is -2.60. The Morgan fingerprint density at radius 2 is 1.80 bits per heavy atom. The monoisotopic (exact) mass is 401 g/mol. The summed E-state index contributed by atoms with van der Waals surface area (Å²) < 4.78 is 11.6. The summed E-state index contributed by atoms with van der Waals surface area (Å²) in [6.45, 7) is 3.58. The molecule has 0 atom stereocenters. The van der Waals surface area contributed by atoms with Crippen LogP contribution in [0.1, 0.15) is 34.8 Å². The van der Waals surface area contributed by atoms with Crippen LogP contribution in [0.3, 0.4) is 0 Å². The fourth-order valence-corrected chi connectivity index (χ4v) is 2.67. The van der Waals surface area contributed by atoms with Crippen LogP contribution < -0.4 is 5.32 Å². The number of carbonyl (C=O) groups excluding carboxylic acids is 2. The lowest BCUT2D eigenvalue weighted by atomic mass is 10.2. The second-order valence-corrected chi connectivity index (χ2v) is 6.69. The molecule has 0 fully saturated rings. The summed E-state index contributed by atoms with van der Waals surface area (Å²) in [6, 6.07) is 13.7.